The van der Waals surface area contributed by atoms with Gasteiger partial charge in [0.2, 0.25) is 5.91 Å². The molecule has 1 N–H and O–H groups in total. The Morgan fingerprint density at radius 1 is 1.06 bits per heavy atom. The summed E-state index contributed by atoms with van der Waals surface area (Å²) in [5, 5.41) is 3.66. The SMILES string of the molecule is CN=C(NCC1(c2ccccc2C)CC1)N1CCN(C(C)C(=O)N2CCCC2)CC1.I. The molecule has 3 fully saturated rings. The van der Waals surface area contributed by atoms with Gasteiger partial charge in [-0.3, -0.25) is 14.7 Å². The number of nitrogens with zero attached hydrogens (tertiary/aromatic N) is 4. The van der Waals surface area contributed by atoms with Crippen molar-refractivity contribution in [2.24, 2.45) is 4.99 Å². The van der Waals surface area contributed by atoms with Crippen molar-refractivity contribution in [3.8, 4) is 0 Å². The van der Waals surface area contributed by atoms with E-state index in [1.807, 2.05) is 11.9 Å². The van der Waals surface area contributed by atoms with Crippen LogP contribution in [0.15, 0.2) is 29.3 Å². The highest BCUT2D eigenvalue weighted by Crippen LogP contribution is 2.48. The Hall–Kier alpha value is -1.35. The van der Waals surface area contributed by atoms with Crippen LogP contribution in [0.5, 0.6) is 0 Å². The highest BCUT2D eigenvalue weighted by atomic mass is 127. The number of guanidine groups is 1. The van der Waals surface area contributed by atoms with Gasteiger partial charge in [-0.1, -0.05) is 24.3 Å². The molecule has 1 atom stereocenters. The molecule has 1 amide bonds. The first-order valence-electron chi connectivity index (χ1n) is 11.6. The van der Waals surface area contributed by atoms with Gasteiger partial charge >= 0.3 is 0 Å². The van der Waals surface area contributed by atoms with Gasteiger partial charge in [-0.15, -0.1) is 24.0 Å². The standard InChI is InChI=1S/C24H37N5O.HI/c1-19-8-4-5-9-21(19)24(10-11-24)18-26-23(25-3)29-16-14-27(15-17-29)20(2)22(30)28-12-6-7-13-28;/h4-5,8-9,20H,6-7,10-18H2,1-3H3,(H,25,26);1H. The van der Waals surface area contributed by atoms with E-state index in [0.29, 0.717) is 5.91 Å². The van der Waals surface area contributed by atoms with Crippen molar-refractivity contribution < 1.29 is 4.79 Å². The monoisotopic (exact) mass is 539 g/mol. The number of rotatable bonds is 5. The van der Waals surface area contributed by atoms with E-state index >= 15 is 0 Å². The minimum Gasteiger partial charge on any atom is -0.355 e. The third kappa shape index (κ3) is 5.35. The smallest absolute Gasteiger partial charge is 0.239 e. The molecule has 0 radical (unpaired) electrons. The summed E-state index contributed by atoms with van der Waals surface area (Å²) < 4.78 is 0. The fourth-order valence-corrected chi connectivity index (χ4v) is 5.12. The zero-order valence-electron chi connectivity index (χ0n) is 19.3. The van der Waals surface area contributed by atoms with E-state index in [0.717, 1.165) is 64.6 Å². The fraction of sp³-hybridized carbons (Fsp3) is 0.667. The van der Waals surface area contributed by atoms with Gasteiger partial charge in [0.15, 0.2) is 5.96 Å². The second kappa shape index (κ2) is 10.5. The van der Waals surface area contributed by atoms with Crippen LogP contribution in [0.25, 0.3) is 0 Å². The lowest BCUT2D eigenvalue weighted by Gasteiger charge is -2.39. The number of nitrogens with one attached hydrogen (secondary N) is 1. The summed E-state index contributed by atoms with van der Waals surface area (Å²) in [7, 11) is 1.88. The maximum atomic E-state index is 12.7. The van der Waals surface area contributed by atoms with Crippen LogP contribution in [0, 0.1) is 6.92 Å². The molecule has 1 unspecified atom stereocenters. The Morgan fingerprint density at radius 2 is 1.71 bits per heavy atom. The molecule has 4 rings (SSSR count). The Kier molecular flexibility index (Phi) is 8.24. The van der Waals surface area contributed by atoms with Crippen LogP contribution < -0.4 is 5.32 Å². The molecule has 0 spiro atoms. The molecule has 1 aromatic carbocycles. The number of aliphatic imine (C=N–C) groups is 1. The molecule has 31 heavy (non-hydrogen) atoms. The van der Waals surface area contributed by atoms with E-state index in [9.17, 15) is 4.79 Å². The van der Waals surface area contributed by atoms with Gasteiger partial charge in [-0.25, -0.2) is 0 Å². The highest BCUT2D eigenvalue weighted by molar-refractivity contribution is 14.0. The summed E-state index contributed by atoms with van der Waals surface area (Å²) in [6, 6.07) is 8.76. The predicted molar refractivity (Wildman–Crippen MR) is 137 cm³/mol. The molecule has 2 heterocycles. The number of carbonyl (C=O) groups excluding carboxylic acids is 1. The number of piperazine rings is 1. The first-order chi connectivity index (χ1) is 14.5. The number of halogens is 1. The lowest BCUT2D eigenvalue weighted by molar-refractivity contribution is -0.135. The number of likely N-dealkylation sites (tertiary alicyclic amines) is 1. The Morgan fingerprint density at radius 3 is 2.29 bits per heavy atom. The van der Waals surface area contributed by atoms with Crippen LogP contribution in [0.4, 0.5) is 0 Å². The maximum absolute atomic E-state index is 12.7. The third-order valence-corrected chi connectivity index (χ3v) is 7.30. The highest BCUT2D eigenvalue weighted by Gasteiger charge is 2.45. The summed E-state index contributed by atoms with van der Waals surface area (Å²) in [5.41, 5.74) is 3.13. The largest absolute Gasteiger partial charge is 0.355 e. The molecule has 0 bridgehead atoms. The normalized spacial score (nSPS) is 22.1. The van der Waals surface area contributed by atoms with Crippen molar-refractivity contribution in [1.82, 2.24) is 20.0 Å². The minimum absolute atomic E-state index is 0. The van der Waals surface area contributed by atoms with Gasteiger partial charge in [0.05, 0.1) is 6.04 Å². The molecular formula is C24H38IN5O. The van der Waals surface area contributed by atoms with E-state index in [2.05, 4.69) is 58.2 Å². The number of amides is 1. The zero-order valence-corrected chi connectivity index (χ0v) is 21.6. The second-order valence-corrected chi connectivity index (χ2v) is 9.23. The average Bonchev–Trinajstić information content (AvgIpc) is 3.35. The Bertz CT molecular complexity index is 780. The lowest BCUT2D eigenvalue weighted by atomic mass is 9.92. The molecule has 7 heteroatoms. The zero-order chi connectivity index (χ0) is 21.1. The van der Waals surface area contributed by atoms with Crippen molar-refractivity contribution in [2.75, 3.05) is 52.9 Å². The van der Waals surface area contributed by atoms with Crippen LogP contribution in [0.2, 0.25) is 0 Å². The molecule has 1 aromatic rings. The van der Waals surface area contributed by atoms with E-state index in [1.54, 1.807) is 0 Å². The van der Waals surface area contributed by atoms with Crippen molar-refractivity contribution in [2.45, 2.75) is 51.0 Å². The fourth-order valence-electron chi connectivity index (χ4n) is 5.12. The van der Waals surface area contributed by atoms with Gasteiger partial charge < -0.3 is 15.1 Å². The van der Waals surface area contributed by atoms with Gasteiger partial charge in [0.1, 0.15) is 0 Å². The van der Waals surface area contributed by atoms with Crippen molar-refractivity contribution in [3.63, 3.8) is 0 Å². The molecule has 2 aliphatic heterocycles. The maximum Gasteiger partial charge on any atom is 0.239 e. The van der Waals surface area contributed by atoms with Gasteiger partial charge in [0.25, 0.3) is 0 Å². The van der Waals surface area contributed by atoms with Gasteiger partial charge in [-0.2, -0.15) is 0 Å². The molecule has 1 saturated carbocycles. The summed E-state index contributed by atoms with van der Waals surface area (Å²) >= 11 is 0. The van der Waals surface area contributed by atoms with E-state index in [4.69, 9.17) is 0 Å². The Balaban J connectivity index is 0.00000272. The van der Waals surface area contributed by atoms with Crippen LogP contribution in [0.1, 0.15) is 43.7 Å². The molecule has 6 nitrogen and oxygen atoms in total. The minimum atomic E-state index is -0.0176. The number of carbonyl (C=O) groups is 1. The summed E-state index contributed by atoms with van der Waals surface area (Å²) in [6.45, 7) is 10.7. The van der Waals surface area contributed by atoms with Gasteiger partial charge in [0, 0.05) is 58.3 Å². The second-order valence-electron chi connectivity index (χ2n) is 9.23. The van der Waals surface area contributed by atoms with Gasteiger partial charge in [-0.05, 0) is 50.7 Å². The molecule has 3 aliphatic rings. The van der Waals surface area contributed by atoms with Crippen molar-refractivity contribution >= 4 is 35.8 Å². The molecule has 172 valence electrons. The molecule has 2 saturated heterocycles. The number of hydrogen-bond acceptors (Lipinski definition) is 3. The van der Waals surface area contributed by atoms with Crippen molar-refractivity contribution in [1.29, 1.82) is 0 Å². The first-order valence-corrected chi connectivity index (χ1v) is 11.6. The Labute approximate surface area is 204 Å². The van der Waals surface area contributed by atoms with Crippen LogP contribution >= 0.6 is 24.0 Å². The van der Waals surface area contributed by atoms with Crippen LogP contribution in [0.3, 0.4) is 0 Å². The summed E-state index contributed by atoms with van der Waals surface area (Å²) in [4.78, 5) is 24.0. The molecule has 1 aliphatic carbocycles. The van der Waals surface area contributed by atoms with Crippen LogP contribution in [-0.4, -0.2) is 85.5 Å². The predicted octanol–water partition coefficient (Wildman–Crippen LogP) is 2.85. The van der Waals surface area contributed by atoms with Crippen LogP contribution in [-0.2, 0) is 10.2 Å². The van der Waals surface area contributed by atoms with E-state index < -0.39 is 0 Å². The third-order valence-electron chi connectivity index (χ3n) is 7.30. The molecular weight excluding hydrogens is 501 g/mol. The van der Waals surface area contributed by atoms with Crippen molar-refractivity contribution in [3.05, 3.63) is 35.4 Å². The number of benzene rings is 1. The number of hydrogen-bond donors (Lipinski definition) is 1. The molecule has 0 aromatic heterocycles. The summed E-state index contributed by atoms with van der Waals surface area (Å²) in [6.07, 6.45) is 4.79. The van der Waals surface area contributed by atoms with E-state index in [-0.39, 0.29) is 35.4 Å². The van der Waals surface area contributed by atoms with E-state index in [1.165, 1.54) is 24.0 Å². The summed E-state index contributed by atoms with van der Waals surface area (Å²) in [5.74, 6) is 1.30. The first kappa shape index (κ1) is 24.3. The quantitative estimate of drug-likeness (QED) is 0.356. The number of aryl methyl sites for hydroxylation is 1. The average molecular weight is 540 g/mol. The topological polar surface area (TPSA) is 51.2 Å². The lowest BCUT2D eigenvalue weighted by Crippen LogP contribution is -2.57.